The lowest BCUT2D eigenvalue weighted by molar-refractivity contribution is -0.0495. The summed E-state index contributed by atoms with van der Waals surface area (Å²) >= 11 is 0. The molecule has 0 bridgehead atoms. The molecule has 3 rings (SSSR count). The summed E-state index contributed by atoms with van der Waals surface area (Å²) in [5.41, 5.74) is 14.4. The average Bonchev–Trinajstić information content (AvgIpc) is 3.16. The zero-order valence-corrected chi connectivity index (χ0v) is 18.9. The number of nitrogen functional groups attached to an aromatic ring is 1. The number of imidazole rings is 1. The second kappa shape index (κ2) is 9.54. The topological polar surface area (TPSA) is 328 Å². The van der Waals surface area contributed by atoms with E-state index < -0.39 is 60.6 Å². The van der Waals surface area contributed by atoms with Gasteiger partial charge in [-0.25, -0.2) is 28.6 Å². The van der Waals surface area contributed by atoms with E-state index >= 15 is 0 Å². The average molecular weight is 549 g/mol. The van der Waals surface area contributed by atoms with Gasteiger partial charge in [-0.1, -0.05) is 0 Å². The van der Waals surface area contributed by atoms with Crippen molar-refractivity contribution in [1.82, 2.24) is 19.5 Å². The Kier molecular flexibility index (Phi) is 7.45. The molecule has 0 aromatic carbocycles. The van der Waals surface area contributed by atoms with E-state index in [0.717, 1.165) is 10.9 Å². The van der Waals surface area contributed by atoms with Crippen molar-refractivity contribution in [1.29, 1.82) is 0 Å². The maximum absolute atomic E-state index is 11.9. The molecule has 0 radical (unpaired) electrons. The van der Waals surface area contributed by atoms with E-state index in [1.807, 2.05) is 0 Å². The Morgan fingerprint density at radius 3 is 2.44 bits per heavy atom. The summed E-state index contributed by atoms with van der Waals surface area (Å²) in [5, 5.41) is 24.0. The number of phosphoric acid groups is 3. The molecule has 2 unspecified atom stereocenters. The van der Waals surface area contributed by atoms with E-state index in [9.17, 15) is 28.8 Å². The van der Waals surface area contributed by atoms with Gasteiger partial charge in [0.2, 0.25) is 5.95 Å². The largest absolute Gasteiger partial charge is 0.490 e. The first-order chi connectivity index (χ1) is 15.6. The van der Waals surface area contributed by atoms with Gasteiger partial charge >= 0.3 is 23.5 Å². The minimum Gasteiger partial charge on any atom is -0.387 e. The number of nitrogens with two attached hydrogens (primary N) is 1. The Morgan fingerprint density at radius 2 is 1.82 bits per heavy atom. The van der Waals surface area contributed by atoms with Gasteiger partial charge in [-0.05, 0) is 10.6 Å². The first-order valence-electron chi connectivity index (χ1n) is 8.47. The molecule has 1 saturated heterocycles. The van der Waals surface area contributed by atoms with Crippen molar-refractivity contribution in [3.05, 3.63) is 16.8 Å². The number of phosphoric ester groups is 1. The summed E-state index contributed by atoms with van der Waals surface area (Å²) in [5.74, 6) is -0.509. The van der Waals surface area contributed by atoms with E-state index in [1.165, 1.54) is 0 Å². The maximum Gasteiger partial charge on any atom is 0.490 e. The van der Waals surface area contributed by atoms with E-state index in [4.69, 9.17) is 30.7 Å². The molecule has 188 valence electrons. The molecule has 3 heterocycles. The molecule has 1 aliphatic heterocycles. The molecule has 34 heavy (non-hydrogen) atoms. The monoisotopic (exact) mass is 549 g/mol. The predicted molar refractivity (Wildman–Crippen MR) is 104 cm³/mol. The summed E-state index contributed by atoms with van der Waals surface area (Å²) in [7, 11) is -16.9. The number of anilines is 1. The van der Waals surface area contributed by atoms with Gasteiger partial charge in [0.25, 0.3) is 0 Å². The molecular weight excluding hydrogens is 534 g/mol. The Balaban J connectivity index is 1.80. The van der Waals surface area contributed by atoms with Crippen LogP contribution in [-0.2, 0) is 31.6 Å². The SMILES string of the molecule is [N-]=[N+]=Nc1nc2c(N)ncnc2n1[C@@H]1O[C@H](COP(=O)(O)OP(=O)(O)O[32P](=O)(O)O)[C@@H](O)[C@H]1O. The van der Waals surface area contributed by atoms with Gasteiger partial charge in [-0.2, -0.15) is 8.62 Å². The number of hydrogen-bond acceptors (Lipinski definition) is 14. The van der Waals surface area contributed by atoms with Gasteiger partial charge in [0.1, 0.15) is 24.6 Å². The molecular formula is C10H15N8O13P3. The lowest BCUT2D eigenvalue weighted by Crippen LogP contribution is -2.33. The van der Waals surface area contributed by atoms with Crippen molar-refractivity contribution in [3.8, 4) is 0 Å². The number of azide groups is 1. The van der Waals surface area contributed by atoms with Crippen LogP contribution in [0.4, 0.5) is 11.8 Å². The summed E-state index contributed by atoms with van der Waals surface area (Å²) in [6.45, 7) is -1.06. The summed E-state index contributed by atoms with van der Waals surface area (Å²) < 4.78 is 51.8. The molecule has 0 spiro atoms. The standard InChI is InChI=1S/C10H15N8O13P3/c11-7-4-8(14-2-13-7)18(10(15-4)16-17-12)9-6(20)5(19)3(29-9)1-28-33(24,25)31-34(26,27)30-32(21,22)23/h2-3,5-6,9,19-20H,1H2,(H,24,25)(H,26,27)(H2,11,13,14)(H2,21,22,23)/t3-,5-,6-,9-/m1/s1/i32+1. The minimum atomic E-state index is -5.76. The van der Waals surface area contributed by atoms with Crippen molar-refractivity contribution in [2.45, 2.75) is 24.5 Å². The van der Waals surface area contributed by atoms with E-state index in [1.54, 1.807) is 0 Å². The van der Waals surface area contributed by atoms with Gasteiger partial charge in [0, 0.05) is 4.91 Å². The van der Waals surface area contributed by atoms with Crippen LogP contribution in [0.3, 0.4) is 0 Å². The summed E-state index contributed by atoms with van der Waals surface area (Å²) in [6, 6.07) is 0. The number of hydrogen-bond donors (Lipinski definition) is 7. The third kappa shape index (κ3) is 5.95. The Labute approximate surface area is 186 Å². The van der Waals surface area contributed by atoms with Crippen molar-refractivity contribution in [2.75, 3.05) is 12.3 Å². The number of aromatic nitrogens is 4. The highest BCUT2D eigenvalue weighted by Gasteiger charge is 2.47. The van der Waals surface area contributed by atoms with Crippen molar-refractivity contribution >= 4 is 46.4 Å². The van der Waals surface area contributed by atoms with E-state index in [2.05, 4.69) is 38.1 Å². The fourth-order valence-electron chi connectivity index (χ4n) is 2.81. The predicted octanol–water partition coefficient (Wildman–Crippen LogP) is -0.687. The van der Waals surface area contributed by atoms with Crippen LogP contribution in [0, 0.1) is 0 Å². The lowest BCUT2D eigenvalue weighted by atomic mass is 10.1. The fraction of sp³-hybridized carbons (Fsp3) is 0.500. The molecule has 0 aliphatic carbocycles. The Bertz CT molecular complexity index is 1280. The van der Waals surface area contributed by atoms with Gasteiger partial charge in [-0.15, -0.1) is 0 Å². The van der Waals surface area contributed by atoms with Gasteiger partial charge < -0.3 is 40.3 Å². The highest BCUT2D eigenvalue weighted by atomic mass is 32.2. The highest BCUT2D eigenvalue weighted by Crippen LogP contribution is 2.66. The zero-order chi connectivity index (χ0) is 25.5. The van der Waals surface area contributed by atoms with Crippen molar-refractivity contribution in [3.63, 3.8) is 0 Å². The molecule has 8 N–H and O–H groups in total. The minimum absolute atomic E-state index is 0.0353. The first kappa shape index (κ1) is 26.6. The zero-order valence-electron chi connectivity index (χ0n) is 16.2. The van der Waals surface area contributed by atoms with Crippen LogP contribution in [0.5, 0.6) is 0 Å². The third-order valence-corrected chi connectivity index (χ3v) is 7.83. The second-order valence-electron chi connectivity index (χ2n) is 6.34. The number of aliphatic hydroxyl groups is 2. The summed E-state index contributed by atoms with van der Waals surface area (Å²) in [4.78, 5) is 49.9. The molecule has 0 saturated carbocycles. The third-order valence-electron chi connectivity index (χ3n) is 4.03. The summed E-state index contributed by atoms with van der Waals surface area (Å²) in [6.07, 6.45) is -5.71. The quantitative estimate of drug-likeness (QED) is 0.0880. The molecule has 1 aliphatic rings. The molecule has 1 fully saturated rings. The fourth-order valence-corrected chi connectivity index (χ4v) is 5.84. The van der Waals surface area contributed by atoms with Crippen molar-refractivity contribution in [2.24, 2.45) is 5.11 Å². The number of fused-ring (bicyclic) bond motifs is 1. The molecule has 2 aromatic rings. The Hall–Kier alpha value is -2.05. The number of rotatable bonds is 9. The molecule has 0 amide bonds. The van der Waals surface area contributed by atoms with Gasteiger partial charge in [0.15, 0.2) is 23.2 Å². The van der Waals surface area contributed by atoms with Crippen LogP contribution in [0.25, 0.3) is 21.6 Å². The van der Waals surface area contributed by atoms with Crippen LogP contribution in [0.1, 0.15) is 6.23 Å². The number of ether oxygens (including phenoxy) is 1. The normalized spacial score (nSPS) is 26.6. The maximum atomic E-state index is 11.9. The molecule has 6 atom stereocenters. The molecule has 21 nitrogen and oxygen atoms in total. The number of nitrogens with zero attached hydrogens (tertiary/aromatic N) is 7. The number of aliphatic hydroxyl groups excluding tert-OH is 2. The second-order valence-corrected chi connectivity index (χ2v) is 10.8. The lowest BCUT2D eigenvalue weighted by Gasteiger charge is -2.19. The van der Waals surface area contributed by atoms with Crippen LogP contribution < -0.4 is 5.73 Å². The van der Waals surface area contributed by atoms with Crippen molar-refractivity contribution < 1.29 is 61.4 Å². The molecule has 24 heteroatoms. The van der Waals surface area contributed by atoms with Crippen LogP contribution >= 0.6 is 23.5 Å². The van der Waals surface area contributed by atoms with Gasteiger partial charge in [0.05, 0.1) is 6.61 Å². The van der Waals surface area contributed by atoms with Crippen LogP contribution in [0.2, 0.25) is 0 Å². The van der Waals surface area contributed by atoms with E-state index in [-0.39, 0.29) is 17.0 Å². The van der Waals surface area contributed by atoms with Gasteiger partial charge in [-0.3, -0.25) is 9.09 Å². The Morgan fingerprint density at radius 1 is 1.15 bits per heavy atom. The van der Waals surface area contributed by atoms with Crippen LogP contribution in [-0.4, -0.2) is 74.2 Å². The highest BCUT2D eigenvalue weighted by molar-refractivity contribution is 7.66. The smallest absolute Gasteiger partial charge is 0.387 e. The molecule has 2 aromatic heterocycles. The van der Waals surface area contributed by atoms with Crippen LogP contribution in [0.15, 0.2) is 11.4 Å². The first-order valence-corrected chi connectivity index (χ1v) is 13.0. The van der Waals surface area contributed by atoms with E-state index in [0.29, 0.717) is 0 Å².